The van der Waals surface area contributed by atoms with E-state index in [0.717, 1.165) is 57.3 Å². The minimum Gasteiger partial charge on any atom is -0.365 e. The number of aromatic amines is 4. The Morgan fingerprint density at radius 2 is 1.15 bits per heavy atom. The molecule has 5 nitrogen and oxygen atoms in total. The Hall–Kier alpha value is -3.60. The third-order valence-electron chi connectivity index (χ3n) is 5.09. The zero-order chi connectivity index (χ0) is 17.8. The molecule has 8 bridgehead atoms. The maximum Gasteiger partial charge on any atom is 0.0845 e. The third-order valence-corrected chi connectivity index (χ3v) is 5.09. The second kappa shape index (κ2) is 5.45. The summed E-state index contributed by atoms with van der Waals surface area (Å²) in [5.74, 6) is 0. The second-order valence-electron chi connectivity index (χ2n) is 7.16. The van der Waals surface area contributed by atoms with E-state index >= 15 is 0 Å². The van der Waals surface area contributed by atoms with Crippen molar-refractivity contribution in [3.8, 4) is 0 Å². The molecule has 2 aliphatic heterocycles. The molecule has 0 unspecified atom stereocenters. The molecule has 0 aliphatic carbocycles. The van der Waals surface area contributed by atoms with E-state index in [4.69, 9.17) is 0 Å². The van der Waals surface area contributed by atoms with Crippen LogP contribution in [-0.2, 0) is 0 Å². The fourth-order valence-electron chi connectivity index (χ4n) is 3.73. The van der Waals surface area contributed by atoms with E-state index < -0.39 is 0 Å². The molecule has 27 heavy (non-hydrogen) atoms. The van der Waals surface area contributed by atoms with Crippen LogP contribution in [-0.4, -0.2) is 37.9 Å². The van der Waals surface area contributed by atoms with Crippen LogP contribution in [0.1, 0.15) is 22.8 Å². The number of nitrogens with one attached hydrogen (secondary N) is 4. The van der Waals surface area contributed by atoms with E-state index in [1.807, 2.05) is 0 Å². The Balaban J connectivity index is 1.66. The molecule has 4 aromatic heterocycles. The van der Waals surface area contributed by atoms with E-state index in [0.29, 0.717) is 0 Å². The van der Waals surface area contributed by atoms with Crippen LogP contribution in [0.25, 0.3) is 23.9 Å². The molecule has 0 amide bonds. The number of hydrogen-bond donors (Lipinski definition) is 4. The molecule has 0 radical (unpaired) electrons. The third kappa shape index (κ3) is 2.64. The number of fused-ring (bicyclic) bond motifs is 8. The molecule has 4 N–H and O–H groups in total. The second-order valence-corrected chi connectivity index (χ2v) is 7.16. The molecule has 0 aromatic carbocycles. The van der Waals surface area contributed by atoms with Gasteiger partial charge in [0.1, 0.15) is 0 Å². The van der Waals surface area contributed by atoms with Crippen molar-refractivity contribution in [2.24, 2.45) is 0 Å². The topological polar surface area (TPSA) is 66.2 Å². The van der Waals surface area contributed by atoms with Crippen LogP contribution in [0.4, 0.5) is 0 Å². The molecular weight excluding hydrogens is 334 g/mol. The van der Waals surface area contributed by atoms with Crippen molar-refractivity contribution in [1.82, 2.24) is 24.8 Å². The lowest BCUT2D eigenvalue weighted by atomic mass is 10.3. The van der Waals surface area contributed by atoms with Crippen molar-refractivity contribution in [1.29, 1.82) is 0 Å². The molecule has 1 fully saturated rings. The van der Waals surface area contributed by atoms with Crippen molar-refractivity contribution in [2.75, 3.05) is 13.1 Å². The van der Waals surface area contributed by atoms with Gasteiger partial charge in [-0.2, -0.15) is 0 Å². The van der Waals surface area contributed by atoms with Gasteiger partial charge in [0, 0.05) is 46.2 Å². The Morgan fingerprint density at radius 3 is 1.85 bits per heavy atom. The van der Waals surface area contributed by atoms with Crippen LogP contribution in [0.15, 0.2) is 48.5 Å². The summed E-state index contributed by atoms with van der Waals surface area (Å²) in [5, 5.41) is 4.38. The smallest absolute Gasteiger partial charge is 0.0845 e. The van der Waals surface area contributed by atoms with Crippen LogP contribution in [0.3, 0.4) is 0 Å². The van der Waals surface area contributed by atoms with Crippen LogP contribution in [0.2, 0.25) is 0 Å². The van der Waals surface area contributed by atoms with Gasteiger partial charge in [-0.1, -0.05) is 0 Å². The van der Waals surface area contributed by atoms with Crippen LogP contribution in [0, 0.1) is 0 Å². The number of rotatable bonds is 1. The number of H-pyrrole nitrogens is 4. The molecule has 5 heteroatoms. The highest BCUT2D eigenvalue weighted by molar-refractivity contribution is 5.64. The zero-order valence-electron chi connectivity index (χ0n) is 14.7. The van der Waals surface area contributed by atoms with Gasteiger partial charge >= 0.3 is 0 Å². The minimum absolute atomic E-state index is 1.08. The molecule has 2 aliphatic rings. The first kappa shape index (κ1) is 14.6. The van der Waals surface area contributed by atoms with Gasteiger partial charge in [0.25, 0.3) is 0 Å². The summed E-state index contributed by atoms with van der Waals surface area (Å²) in [4.78, 5) is 16.4. The predicted molar refractivity (Wildman–Crippen MR) is 106 cm³/mol. The van der Waals surface area contributed by atoms with Gasteiger partial charge in [0.2, 0.25) is 0 Å². The standard InChI is InChI=1S/C22H19N5/c1-3-16-12-18-5-7-20(25-18)22(27-9-10-27)21-8-6-19(26-21)13-17-4-2-15(24-17)11-14(1)23-16/h1-8,11-13,23-26H,9-10H2. The normalized spacial score (nSPS) is 15.1. The van der Waals surface area contributed by atoms with Crippen molar-refractivity contribution >= 4 is 23.9 Å². The largest absolute Gasteiger partial charge is 0.365 e. The Kier molecular flexibility index (Phi) is 2.94. The summed E-state index contributed by atoms with van der Waals surface area (Å²) >= 11 is 0. The van der Waals surface area contributed by atoms with Gasteiger partial charge in [0.05, 0.1) is 16.7 Å². The first-order chi connectivity index (χ1) is 13.3. The van der Waals surface area contributed by atoms with Gasteiger partial charge in [-0.25, -0.2) is 0 Å². The summed E-state index contributed by atoms with van der Waals surface area (Å²) in [6.07, 6.45) is 6.40. The Morgan fingerprint density at radius 1 is 0.556 bits per heavy atom. The summed E-state index contributed by atoms with van der Waals surface area (Å²) in [7, 11) is 0. The van der Waals surface area contributed by atoms with Crippen molar-refractivity contribution in [3.63, 3.8) is 0 Å². The Bertz CT molecular complexity index is 1380. The lowest BCUT2D eigenvalue weighted by Crippen LogP contribution is -2.18. The van der Waals surface area contributed by atoms with Gasteiger partial charge in [-0.05, 0) is 66.8 Å². The number of nitrogens with zero attached hydrogens (tertiary/aromatic N) is 1. The molecule has 0 spiro atoms. The van der Waals surface area contributed by atoms with Gasteiger partial charge in [-0.3, -0.25) is 0 Å². The lowest BCUT2D eigenvalue weighted by molar-refractivity contribution is 0.788. The van der Waals surface area contributed by atoms with Crippen LogP contribution < -0.4 is 21.4 Å². The van der Waals surface area contributed by atoms with E-state index in [1.165, 1.54) is 5.70 Å². The highest BCUT2D eigenvalue weighted by Gasteiger charge is 2.23. The molecule has 0 atom stereocenters. The minimum atomic E-state index is 1.08. The maximum absolute atomic E-state index is 3.56. The number of hydrogen-bond acceptors (Lipinski definition) is 1. The molecular formula is C22H19N5. The van der Waals surface area contributed by atoms with Gasteiger partial charge in [0.15, 0.2) is 0 Å². The Labute approximate surface area is 155 Å². The fourth-order valence-corrected chi connectivity index (χ4v) is 3.73. The fraction of sp³-hybridized carbons (Fsp3) is 0.0909. The molecule has 6 rings (SSSR count). The van der Waals surface area contributed by atoms with E-state index in [1.54, 1.807) is 0 Å². The maximum atomic E-state index is 3.56. The van der Waals surface area contributed by atoms with Gasteiger partial charge in [-0.15, -0.1) is 0 Å². The SMILES string of the molecule is C1=c2ccc([nH]2)=Cc2ccc([nH]2)C(N2CC2)=c2ccc([nH]2)=Cc2ccc1[nH]2. The van der Waals surface area contributed by atoms with E-state index in [2.05, 4.69) is 91.6 Å². The van der Waals surface area contributed by atoms with Crippen LogP contribution in [0.5, 0.6) is 0 Å². The average molecular weight is 353 g/mol. The monoisotopic (exact) mass is 353 g/mol. The first-order valence-corrected chi connectivity index (χ1v) is 9.23. The van der Waals surface area contributed by atoms with Crippen molar-refractivity contribution in [3.05, 3.63) is 92.7 Å². The summed E-state index contributed by atoms with van der Waals surface area (Å²) in [5.41, 5.74) is 5.61. The zero-order valence-corrected chi connectivity index (χ0v) is 14.7. The van der Waals surface area contributed by atoms with Crippen LogP contribution >= 0.6 is 0 Å². The van der Waals surface area contributed by atoms with Crippen molar-refractivity contribution < 1.29 is 0 Å². The summed E-state index contributed by atoms with van der Waals surface area (Å²) < 4.78 is 0. The van der Waals surface area contributed by atoms with E-state index in [-0.39, 0.29) is 0 Å². The van der Waals surface area contributed by atoms with Gasteiger partial charge < -0.3 is 24.8 Å². The first-order valence-electron chi connectivity index (χ1n) is 9.23. The summed E-state index contributed by atoms with van der Waals surface area (Å²) in [6.45, 7) is 2.20. The van der Waals surface area contributed by atoms with E-state index in [9.17, 15) is 0 Å². The quantitative estimate of drug-likeness (QED) is 0.365. The predicted octanol–water partition coefficient (Wildman–Crippen LogP) is 0.271. The molecule has 132 valence electrons. The lowest BCUT2D eigenvalue weighted by Gasteiger charge is -2.06. The molecule has 6 heterocycles. The number of aromatic nitrogens is 4. The average Bonchev–Trinajstić information content (AvgIpc) is 3.06. The highest BCUT2D eigenvalue weighted by Crippen LogP contribution is 2.22. The summed E-state index contributed by atoms with van der Waals surface area (Å²) in [6, 6.07) is 17.0. The molecule has 0 saturated carbocycles. The van der Waals surface area contributed by atoms with Crippen molar-refractivity contribution in [2.45, 2.75) is 0 Å². The highest BCUT2D eigenvalue weighted by atomic mass is 15.3. The molecule has 1 saturated heterocycles. The molecule has 4 aromatic rings.